The molecule has 10 nitrogen and oxygen atoms in total. The van der Waals surface area contributed by atoms with Gasteiger partial charge in [-0.05, 0) is 57.0 Å². The van der Waals surface area contributed by atoms with Gasteiger partial charge < -0.3 is 26.0 Å². The van der Waals surface area contributed by atoms with Crippen LogP contribution in [0.3, 0.4) is 0 Å². The van der Waals surface area contributed by atoms with Crippen LogP contribution < -0.4 is 30.9 Å². The minimum Gasteiger partial charge on any atom is -0.439 e. The number of nitrogens with zero attached hydrogens (tertiary/aromatic N) is 2. The summed E-state index contributed by atoms with van der Waals surface area (Å²) in [5.41, 5.74) is 2.08. The Bertz CT molecular complexity index is 1400. The number of aryl methyl sites for hydroxylation is 1. The van der Waals surface area contributed by atoms with Crippen molar-refractivity contribution in [2.75, 3.05) is 11.4 Å². The predicted octanol–water partition coefficient (Wildman–Crippen LogP) is 3.70. The van der Waals surface area contributed by atoms with Crippen molar-refractivity contribution < 1.29 is 19.1 Å². The van der Waals surface area contributed by atoms with E-state index in [2.05, 4.69) is 32.8 Å². The van der Waals surface area contributed by atoms with Gasteiger partial charge in [0, 0.05) is 29.8 Å². The number of ether oxygens (including phenoxy) is 1. The van der Waals surface area contributed by atoms with Gasteiger partial charge in [-0.25, -0.2) is 9.78 Å². The maximum absolute atomic E-state index is 13.6. The predicted molar refractivity (Wildman–Crippen MR) is 157 cm³/mol. The van der Waals surface area contributed by atoms with Crippen molar-refractivity contribution in [1.29, 1.82) is 0 Å². The molecule has 3 fully saturated rings. The molecular weight excluding hydrogens is 540 g/mol. The number of piperidine rings is 1. The quantitative estimate of drug-likeness (QED) is 0.372. The molecule has 2 aromatic rings. The molecule has 4 amide bonds. The fourth-order valence-corrected chi connectivity index (χ4v) is 7.70. The van der Waals surface area contributed by atoms with Gasteiger partial charge in [-0.3, -0.25) is 14.5 Å². The number of benzene rings is 1. The number of carbonyl (C=O) groups is 3. The van der Waals surface area contributed by atoms with Crippen molar-refractivity contribution in [3.63, 3.8) is 0 Å². The van der Waals surface area contributed by atoms with Crippen LogP contribution in [0.2, 0.25) is 0 Å². The molecule has 1 aromatic heterocycles. The normalized spacial score (nSPS) is 27.0. The van der Waals surface area contributed by atoms with E-state index >= 15 is 0 Å². The van der Waals surface area contributed by atoms with Crippen molar-refractivity contribution in [1.82, 2.24) is 26.3 Å². The van der Waals surface area contributed by atoms with E-state index in [-0.39, 0.29) is 47.3 Å². The monoisotopic (exact) mass is 574 g/mol. The van der Waals surface area contributed by atoms with Crippen LogP contribution in [-0.2, 0) is 9.59 Å². The van der Waals surface area contributed by atoms with E-state index in [0.717, 1.165) is 44.3 Å². The summed E-state index contributed by atoms with van der Waals surface area (Å²) in [6.07, 6.45) is 5.55. The highest BCUT2D eigenvalue weighted by atomic mass is 32.2. The number of rotatable bonds is 7. The van der Waals surface area contributed by atoms with Crippen LogP contribution in [0.1, 0.15) is 37.8 Å². The van der Waals surface area contributed by atoms with Gasteiger partial charge in [0.25, 0.3) is 5.91 Å². The first-order chi connectivity index (χ1) is 19.9. The zero-order valence-electron chi connectivity index (χ0n) is 22.9. The van der Waals surface area contributed by atoms with Crippen molar-refractivity contribution in [2.24, 2.45) is 5.92 Å². The molecule has 0 radical (unpaired) electrons. The van der Waals surface area contributed by atoms with Gasteiger partial charge >= 0.3 is 6.03 Å². The molecule has 6 rings (SSSR count). The minimum atomic E-state index is -0.273. The Labute approximate surface area is 243 Å². The van der Waals surface area contributed by atoms with Gasteiger partial charge in [-0.1, -0.05) is 49.4 Å². The first-order valence-electron chi connectivity index (χ1n) is 14.1. The second-order valence-electron chi connectivity index (χ2n) is 10.8. The fourth-order valence-electron chi connectivity index (χ4n) is 6.31. The average molecular weight is 575 g/mol. The number of thioether (sulfide) groups is 1. The molecule has 5 atom stereocenters. The molecule has 4 N–H and O–H groups in total. The number of anilines is 1. The van der Waals surface area contributed by atoms with Crippen LogP contribution in [0, 0.1) is 12.8 Å². The standard InChI is InChI=1S/C30H34N6O4S/c1-3-23(37)33-19-11-7-8-12-20(19)34-28(38)27-26-25-22(15-16-31-29(25)41-27)36(30(39)35-26)21-13-14-24(32-17(21)2)40-18-9-5-4-6-10-18/h3-6,9-10,13-14,19-20,22,25,29,31H,1,7-8,11-12,15-16H2,2H3,(H,33,37)(H,34,38)(H,35,39)/t19-,20+,22?,25?,29?/m0/s1. The third-order valence-electron chi connectivity index (χ3n) is 8.20. The van der Waals surface area contributed by atoms with E-state index in [1.807, 2.05) is 43.3 Å². The zero-order chi connectivity index (χ0) is 28.5. The Hall–Kier alpha value is -3.83. The summed E-state index contributed by atoms with van der Waals surface area (Å²) in [6.45, 7) is 6.14. The molecule has 11 heteroatoms. The van der Waals surface area contributed by atoms with Crippen LogP contribution in [-0.4, -0.2) is 52.9 Å². The summed E-state index contributed by atoms with van der Waals surface area (Å²) >= 11 is 1.47. The van der Waals surface area contributed by atoms with E-state index in [1.165, 1.54) is 17.8 Å². The Kier molecular flexibility index (Phi) is 7.72. The van der Waals surface area contributed by atoms with Crippen LogP contribution in [0.4, 0.5) is 10.5 Å². The molecule has 3 unspecified atom stereocenters. The lowest BCUT2D eigenvalue weighted by Crippen LogP contribution is -2.62. The molecule has 214 valence electrons. The van der Waals surface area contributed by atoms with Crippen LogP contribution in [0.15, 0.2) is 65.7 Å². The van der Waals surface area contributed by atoms with Crippen molar-refractivity contribution >= 4 is 35.3 Å². The molecule has 0 bridgehead atoms. The lowest BCUT2D eigenvalue weighted by molar-refractivity contribution is -0.120. The van der Waals surface area contributed by atoms with Gasteiger partial charge in [-0.15, -0.1) is 0 Å². The Balaban J connectivity index is 1.23. The SMILES string of the molecule is C=CC(=O)N[C@H]1CCCC[C@H]1NC(=O)C1=C2NC(=O)N(c3ccc(Oc4ccccc4)nc3C)C3CCNC(S1)C23. The highest BCUT2D eigenvalue weighted by molar-refractivity contribution is 8.04. The topological polar surface area (TPSA) is 125 Å². The fraction of sp³-hybridized carbons (Fsp3) is 0.400. The van der Waals surface area contributed by atoms with E-state index in [1.54, 1.807) is 11.0 Å². The number of urea groups is 1. The number of para-hydroxylation sites is 1. The minimum absolute atomic E-state index is 0.0378. The number of nitrogens with one attached hydrogen (secondary N) is 4. The van der Waals surface area contributed by atoms with Gasteiger partial charge in [0.2, 0.25) is 11.8 Å². The first kappa shape index (κ1) is 27.3. The summed E-state index contributed by atoms with van der Waals surface area (Å²) in [6, 6.07) is 12.4. The molecule has 41 heavy (non-hydrogen) atoms. The first-order valence-corrected chi connectivity index (χ1v) is 15.0. The number of amides is 4. The number of pyridine rings is 1. The smallest absolute Gasteiger partial charge is 0.326 e. The van der Waals surface area contributed by atoms with Crippen LogP contribution in [0.5, 0.6) is 11.6 Å². The summed E-state index contributed by atoms with van der Waals surface area (Å²) in [5, 5.41) is 12.7. The molecule has 3 aliphatic heterocycles. The van der Waals surface area contributed by atoms with Gasteiger partial charge in [0.1, 0.15) is 5.75 Å². The van der Waals surface area contributed by atoms with E-state index in [9.17, 15) is 14.4 Å². The maximum Gasteiger partial charge on any atom is 0.326 e. The molecule has 4 aliphatic rings. The van der Waals surface area contributed by atoms with Crippen molar-refractivity contribution in [3.05, 3.63) is 71.4 Å². The number of hydrogen-bond acceptors (Lipinski definition) is 7. The zero-order valence-corrected chi connectivity index (χ0v) is 23.7. The van der Waals surface area contributed by atoms with Gasteiger partial charge in [-0.2, -0.15) is 0 Å². The Morgan fingerprint density at radius 1 is 1.10 bits per heavy atom. The van der Waals surface area contributed by atoms with E-state index < -0.39 is 0 Å². The number of aromatic nitrogens is 1. The summed E-state index contributed by atoms with van der Waals surface area (Å²) in [7, 11) is 0. The van der Waals surface area contributed by atoms with Crippen molar-refractivity contribution in [2.45, 2.75) is 62.5 Å². The van der Waals surface area contributed by atoms with Gasteiger partial charge in [0.15, 0.2) is 0 Å². The third kappa shape index (κ3) is 5.43. The van der Waals surface area contributed by atoms with Crippen LogP contribution >= 0.6 is 11.8 Å². The Morgan fingerprint density at radius 3 is 2.59 bits per heavy atom. The van der Waals surface area contributed by atoms with Gasteiger partial charge in [0.05, 0.1) is 27.7 Å². The Morgan fingerprint density at radius 2 is 1.85 bits per heavy atom. The van der Waals surface area contributed by atoms with E-state index in [4.69, 9.17) is 4.74 Å². The maximum atomic E-state index is 13.6. The highest BCUT2D eigenvalue weighted by Gasteiger charge is 2.52. The number of carbonyl (C=O) groups excluding carboxylic acids is 3. The molecule has 1 aliphatic carbocycles. The lowest BCUT2D eigenvalue weighted by Gasteiger charge is -2.46. The second kappa shape index (κ2) is 11.6. The third-order valence-corrected chi connectivity index (χ3v) is 9.56. The largest absolute Gasteiger partial charge is 0.439 e. The molecule has 0 spiro atoms. The summed E-state index contributed by atoms with van der Waals surface area (Å²) in [4.78, 5) is 46.2. The second-order valence-corrected chi connectivity index (χ2v) is 11.9. The number of hydrogen-bond donors (Lipinski definition) is 4. The van der Waals surface area contributed by atoms with E-state index in [0.29, 0.717) is 27.9 Å². The molecule has 1 saturated carbocycles. The molecular formula is C30H34N6O4S. The van der Waals surface area contributed by atoms with Crippen molar-refractivity contribution in [3.8, 4) is 11.6 Å². The molecule has 1 aromatic carbocycles. The molecule has 4 heterocycles. The van der Waals surface area contributed by atoms with Crippen LogP contribution in [0.25, 0.3) is 0 Å². The lowest BCUT2D eigenvalue weighted by atomic mass is 9.86. The summed E-state index contributed by atoms with van der Waals surface area (Å²) in [5.74, 6) is 0.623. The highest BCUT2D eigenvalue weighted by Crippen LogP contribution is 2.48. The molecule has 2 saturated heterocycles. The average Bonchev–Trinajstić information content (AvgIpc) is 3.35. The summed E-state index contributed by atoms with van der Waals surface area (Å²) < 4.78 is 5.89.